The lowest BCUT2D eigenvalue weighted by Crippen LogP contribution is -2.37. The molecule has 0 amide bonds. The van der Waals surface area contributed by atoms with E-state index in [-0.39, 0.29) is 5.78 Å². The molecular formula is C14H16N4OS. The van der Waals surface area contributed by atoms with Crippen LogP contribution in [0, 0.1) is 0 Å². The van der Waals surface area contributed by atoms with Crippen LogP contribution in [0.3, 0.4) is 0 Å². The third-order valence-electron chi connectivity index (χ3n) is 3.50. The van der Waals surface area contributed by atoms with Crippen molar-refractivity contribution in [2.45, 2.75) is 18.0 Å². The first kappa shape index (κ1) is 13.3. The second-order valence-electron chi connectivity index (χ2n) is 4.80. The van der Waals surface area contributed by atoms with E-state index in [1.54, 1.807) is 18.1 Å². The first-order valence-electron chi connectivity index (χ1n) is 6.52. The number of hydrogen-bond acceptors (Lipinski definition) is 5. The molecule has 0 N–H and O–H groups in total. The average molecular weight is 288 g/mol. The largest absolute Gasteiger partial charge is 0.315 e. The molecule has 0 radical (unpaired) electrons. The Balaban J connectivity index is 1.64. The molecule has 1 aliphatic heterocycles. The monoisotopic (exact) mass is 288 g/mol. The van der Waals surface area contributed by atoms with Gasteiger partial charge in [-0.1, -0.05) is 12.1 Å². The van der Waals surface area contributed by atoms with Gasteiger partial charge in [-0.15, -0.1) is 22.0 Å². The van der Waals surface area contributed by atoms with Crippen molar-refractivity contribution in [3.8, 4) is 0 Å². The summed E-state index contributed by atoms with van der Waals surface area (Å²) in [7, 11) is 0. The van der Waals surface area contributed by atoms with Gasteiger partial charge in [0.15, 0.2) is 5.78 Å². The molecular weight excluding hydrogens is 272 g/mol. The minimum atomic E-state index is 0.158. The molecule has 6 heteroatoms. The maximum atomic E-state index is 12.3. The fourth-order valence-corrected chi connectivity index (χ4v) is 2.73. The standard InChI is InChI=1S/C14H16N4OS/c1-20-12-4-2-11(3-5-12)13(19)8-17-6-7-18-10-15-16-14(18)9-17/h2-5,10H,6-9H2,1H3. The van der Waals surface area contributed by atoms with Crippen molar-refractivity contribution in [1.29, 1.82) is 0 Å². The van der Waals surface area contributed by atoms with Gasteiger partial charge in [-0.25, -0.2) is 0 Å². The van der Waals surface area contributed by atoms with Gasteiger partial charge in [-0.05, 0) is 18.4 Å². The Morgan fingerprint density at radius 2 is 2.10 bits per heavy atom. The lowest BCUT2D eigenvalue weighted by Gasteiger charge is -2.26. The van der Waals surface area contributed by atoms with E-state index in [2.05, 4.69) is 15.1 Å². The number of benzene rings is 1. The predicted octanol–water partition coefficient (Wildman–Crippen LogP) is 1.70. The third kappa shape index (κ3) is 2.76. The summed E-state index contributed by atoms with van der Waals surface area (Å²) in [5.41, 5.74) is 0.773. The van der Waals surface area contributed by atoms with E-state index in [0.29, 0.717) is 13.1 Å². The Bertz CT molecular complexity index is 608. The van der Waals surface area contributed by atoms with E-state index < -0.39 is 0 Å². The molecule has 0 atom stereocenters. The number of rotatable bonds is 4. The summed E-state index contributed by atoms with van der Waals surface area (Å²) in [4.78, 5) is 15.6. The highest BCUT2D eigenvalue weighted by Gasteiger charge is 2.20. The summed E-state index contributed by atoms with van der Waals surface area (Å²) in [6.07, 6.45) is 3.77. The number of Topliss-reactive ketones (excluding diaryl/α,β-unsaturated/α-hetero) is 1. The van der Waals surface area contributed by atoms with Gasteiger partial charge in [0.25, 0.3) is 0 Å². The molecule has 0 unspecified atom stereocenters. The fraction of sp³-hybridized carbons (Fsp3) is 0.357. The van der Waals surface area contributed by atoms with Crippen LogP contribution in [0.4, 0.5) is 0 Å². The number of carbonyl (C=O) groups is 1. The Hall–Kier alpha value is -1.66. The van der Waals surface area contributed by atoms with Crippen LogP contribution in [-0.2, 0) is 13.1 Å². The third-order valence-corrected chi connectivity index (χ3v) is 4.24. The molecule has 3 rings (SSSR count). The van der Waals surface area contributed by atoms with Crippen LogP contribution in [0.25, 0.3) is 0 Å². The molecule has 0 saturated heterocycles. The van der Waals surface area contributed by atoms with E-state index in [1.165, 1.54) is 4.90 Å². The first-order chi connectivity index (χ1) is 9.76. The molecule has 0 spiro atoms. The minimum Gasteiger partial charge on any atom is -0.315 e. The Morgan fingerprint density at radius 1 is 1.30 bits per heavy atom. The molecule has 2 aromatic rings. The summed E-state index contributed by atoms with van der Waals surface area (Å²) < 4.78 is 2.04. The zero-order chi connectivity index (χ0) is 13.9. The maximum absolute atomic E-state index is 12.3. The molecule has 1 aromatic carbocycles. The normalized spacial score (nSPS) is 15.1. The van der Waals surface area contributed by atoms with Gasteiger partial charge < -0.3 is 4.57 Å². The van der Waals surface area contributed by atoms with Crippen LogP contribution >= 0.6 is 11.8 Å². The van der Waals surface area contributed by atoms with Crippen LogP contribution in [0.1, 0.15) is 16.2 Å². The van der Waals surface area contributed by atoms with E-state index in [4.69, 9.17) is 0 Å². The van der Waals surface area contributed by atoms with Crippen LogP contribution in [0.5, 0.6) is 0 Å². The van der Waals surface area contributed by atoms with Crippen molar-refractivity contribution in [3.63, 3.8) is 0 Å². The highest BCUT2D eigenvalue weighted by molar-refractivity contribution is 7.98. The molecule has 1 aromatic heterocycles. The van der Waals surface area contributed by atoms with Crippen LogP contribution in [0.15, 0.2) is 35.5 Å². The fourth-order valence-electron chi connectivity index (χ4n) is 2.32. The minimum absolute atomic E-state index is 0.158. The highest BCUT2D eigenvalue weighted by Crippen LogP contribution is 2.16. The van der Waals surface area contributed by atoms with Crippen molar-refractivity contribution in [2.75, 3.05) is 19.3 Å². The molecule has 2 heterocycles. The van der Waals surface area contributed by atoms with Crippen molar-refractivity contribution in [1.82, 2.24) is 19.7 Å². The summed E-state index contributed by atoms with van der Waals surface area (Å²) in [6.45, 7) is 2.83. The number of hydrogen-bond donors (Lipinski definition) is 0. The van der Waals surface area contributed by atoms with Crippen molar-refractivity contribution < 1.29 is 4.79 Å². The molecule has 0 aliphatic carbocycles. The van der Waals surface area contributed by atoms with Crippen LogP contribution in [-0.4, -0.2) is 44.8 Å². The summed E-state index contributed by atoms with van der Waals surface area (Å²) >= 11 is 1.68. The molecule has 1 aliphatic rings. The first-order valence-corrected chi connectivity index (χ1v) is 7.75. The van der Waals surface area contributed by atoms with E-state index in [1.807, 2.05) is 35.1 Å². The molecule has 0 saturated carbocycles. The molecule has 0 bridgehead atoms. The number of thioether (sulfide) groups is 1. The zero-order valence-electron chi connectivity index (χ0n) is 11.3. The van der Waals surface area contributed by atoms with Crippen LogP contribution < -0.4 is 0 Å². The van der Waals surface area contributed by atoms with Gasteiger partial charge in [0.2, 0.25) is 0 Å². The lowest BCUT2D eigenvalue weighted by atomic mass is 10.1. The van der Waals surface area contributed by atoms with Gasteiger partial charge >= 0.3 is 0 Å². The van der Waals surface area contributed by atoms with E-state index in [0.717, 1.165) is 24.5 Å². The van der Waals surface area contributed by atoms with Gasteiger partial charge in [0.05, 0.1) is 13.1 Å². The summed E-state index contributed by atoms with van der Waals surface area (Å²) in [5, 5.41) is 7.96. The second kappa shape index (κ2) is 5.76. The Kier molecular flexibility index (Phi) is 3.84. The number of nitrogens with zero attached hydrogens (tertiary/aromatic N) is 4. The second-order valence-corrected chi connectivity index (χ2v) is 5.68. The van der Waals surface area contributed by atoms with Gasteiger partial charge in [0.1, 0.15) is 12.2 Å². The SMILES string of the molecule is CSc1ccc(C(=O)CN2CCn3cnnc3C2)cc1. The zero-order valence-corrected chi connectivity index (χ0v) is 12.1. The number of aromatic nitrogens is 3. The Labute approximate surface area is 122 Å². The number of fused-ring (bicyclic) bond motifs is 1. The van der Waals surface area contributed by atoms with Crippen LogP contribution in [0.2, 0.25) is 0 Å². The highest BCUT2D eigenvalue weighted by atomic mass is 32.2. The number of carbonyl (C=O) groups excluding carboxylic acids is 1. The molecule has 104 valence electrons. The van der Waals surface area contributed by atoms with Crippen molar-refractivity contribution in [2.24, 2.45) is 0 Å². The smallest absolute Gasteiger partial charge is 0.176 e. The average Bonchev–Trinajstić information content (AvgIpc) is 2.95. The van der Waals surface area contributed by atoms with Gasteiger partial charge in [-0.3, -0.25) is 9.69 Å². The predicted molar refractivity (Wildman–Crippen MR) is 77.9 cm³/mol. The van der Waals surface area contributed by atoms with Gasteiger partial charge in [0, 0.05) is 23.5 Å². The maximum Gasteiger partial charge on any atom is 0.176 e. The molecule has 5 nitrogen and oxygen atoms in total. The summed E-state index contributed by atoms with van der Waals surface area (Å²) in [5.74, 6) is 1.09. The summed E-state index contributed by atoms with van der Waals surface area (Å²) in [6, 6.07) is 7.79. The van der Waals surface area contributed by atoms with E-state index >= 15 is 0 Å². The Morgan fingerprint density at radius 3 is 2.85 bits per heavy atom. The molecule has 0 fully saturated rings. The quantitative estimate of drug-likeness (QED) is 0.633. The van der Waals surface area contributed by atoms with Gasteiger partial charge in [-0.2, -0.15) is 0 Å². The van der Waals surface area contributed by atoms with E-state index in [9.17, 15) is 4.79 Å². The molecule has 20 heavy (non-hydrogen) atoms. The van der Waals surface area contributed by atoms with Crippen molar-refractivity contribution in [3.05, 3.63) is 42.0 Å². The number of ketones is 1. The topological polar surface area (TPSA) is 51.0 Å². The lowest BCUT2D eigenvalue weighted by molar-refractivity contribution is 0.0908. The van der Waals surface area contributed by atoms with Crippen molar-refractivity contribution >= 4 is 17.5 Å².